The number of hydrogen-bond acceptors (Lipinski definition) is 5. The van der Waals surface area contributed by atoms with Gasteiger partial charge >= 0.3 is 0 Å². The summed E-state index contributed by atoms with van der Waals surface area (Å²) in [6, 6.07) is -0.409. The first-order valence-corrected chi connectivity index (χ1v) is 6.76. The van der Waals surface area contributed by atoms with Gasteiger partial charge in [-0.2, -0.15) is 5.10 Å². The topological polar surface area (TPSA) is 88.5 Å². The third-order valence-electron chi connectivity index (χ3n) is 3.12. The first kappa shape index (κ1) is 16.2. The fourth-order valence-electron chi connectivity index (χ4n) is 2.12. The smallest absolute Gasteiger partial charge is 0.271 e. The molecule has 112 valence electrons. The number of aromatic nitrogens is 2. The Hall–Kier alpha value is -1.89. The van der Waals surface area contributed by atoms with Gasteiger partial charge in [-0.3, -0.25) is 14.5 Å². The van der Waals surface area contributed by atoms with Crippen molar-refractivity contribution in [3.8, 4) is 0 Å². The van der Waals surface area contributed by atoms with E-state index in [-0.39, 0.29) is 5.91 Å². The van der Waals surface area contributed by atoms with E-state index in [9.17, 15) is 4.79 Å². The van der Waals surface area contributed by atoms with Crippen LogP contribution in [0.15, 0.2) is 11.2 Å². The van der Waals surface area contributed by atoms with E-state index in [0.717, 1.165) is 18.9 Å². The Morgan fingerprint density at radius 2 is 2.15 bits per heavy atom. The molecule has 0 saturated carbocycles. The molecule has 7 nitrogen and oxygen atoms in total. The van der Waals surface area contributed by atoms with Gasteiger partial charge in [0.1, 0.15) is 11.4 Å². The summed E-state index contributed by atoms with van der Waals surface area (Å²) in [4.78, 5) is 18.2. The minimum absolute atomic E-state index is 0.288. The van der Waals surface area contributed by atoms with Crippen LogP contribution in [0.1, 0.15) is 20.8 Å². The van der Waals surface area contributed by atoms with Gasteiger partial charge in [0, 0.05) is 33.2 Å². The summed E-state index contributed by atoms with van der Waals surface area (Å²) < 4.78 is 1.75. The first-order valence-electron chi connectivity index (χ1n) is 6.76. The minimum Gasteiger partial charge on any atom is -0.356 e. The van der Waals surface area contributed by atoms with Gasteiger partial charge < -0.3 is 16.0 Å². The van der Waals surface area contributed by atoms with Crippen molar-refractivity contribution in [2.75, 3.05) is 30.4 Å². The maximum absolute atomic E-state index is 12.2. The Balaban J connectivity index is 3.02. The number of amides is 1. The fourth-order valence-corrected chi connectivity index (χ4v) is 2.12. The average Bonchev–Trinajstić information content (AvgIpc) is 2.74. The van der Waals surface area contributed by atoms with Gasteiger partial charge in [-0.25, -0.2) is 0 Å². The number of rotatable bonds is 6. The quantitative estimate of drug-likeness (QED) is 0.748. The molecule has 1 amide bonds. The van der Waals surface area contributed by atoms with Crippen molar-refractivity contribution in [2.24, 2.45) is 17.8 Å². The molecule has 7 heteroatoms. The van der Waals surface area contributed by atoms with Crippen LogP contribution in [0.25, 0.3) is 0 Å². The molecule has 0 aliphatic carbocycles. The number of nitrogens with zero attached hydrogens (tertiary/aromatic N) is 4. The van der Waals surface area contributed by atoms with Crippen molar-refractivity contribution in [1.82, 2.24) is 9.78 Å². The Labute approximate surface area is 119 Å². The van der Waals surface area contributed by atoms with Crippen LogP contribution >= 0.6 is 0 Å². The summed E-state index contributed by atoms with van der Waals surface area (Å²) in [6.07, 6.45) is 1.64. The lowest BCUT2D eigenvalue weighted by atomic mass is 10.2. The Morgan fingerprint density at radius 1 is 1.55 bits per heavy atom. The zero-order valence-electron chi connectivity index (χ0n) is 12.8. The van der Waals surface area contributed by atoms with Crippen LogP contribution in [-0.4, -0.2) is 47.6 Å². The van der Waals surface area contributed by atoms with Crippen molar-refractivity contribution in [1.29, 1.82) is 0 Å². The van der Waals surface area contributed by atoms with Gasteiger partial charge in [0.15, 0.2) is 5.82 Å². The standard InChI is InChI=1S/C13H24N6O/c1-6-19(7-2)13-10(8-16-18(13)5)17-12(20)11(15-4)9(3)14/h8-9H,6-7,14H2,1-5H3,(H,17,20). The number of nitrogens with two attached hydrogens (primary N) is 1. The van der Waals surface area contributed by atoms with Crippen LogP contribution in [0.3, 0.4) is 0 Å². The lowest BCUT2D eigenvalue weighted by Gasteiger charge is -2.22. The Kier molecular flexibility index (Phi) is 5.69. The van der Waals surface area contributed by atoms with Gasteiger partial charge in [-0.05, 0) is 20.8 Å². The van der Waals surface area contributed by atoms with Crippen LogP contribution < -0.4 is 16.0 Å². The van der Waals surface area contributed by atoms with Crippen molar-refractivity contribution < 1.29 is 4.79 Å². The summed E-state index contributed by atoms with van der Waals surface area (Å²) in [7, 11) is 3.41. The fraction of sp³-hybridized carbons (Fsp3) is 0.615. The lowest BCUT2D eigenvalue weighted by molar-refractivity contribution is -0.110. The molecule has 0 aliphatic rings. The molecule has 1 aromatic heterocycles. The molecular formula is C13H24N6O. The molecule has 0 aromatic carbocycles. The summed E-state index contributed by atoms with van der Waals surface area (Å²) in [5.74, 6) is 0.590. The van der Waals surface area contributed by atoms with Crippen LogP contribution in [-0.2, 0) is 11.8 Å². The van der Waals surface area contributed by atoms with Crippen LogP contribution in [0, 0.1) is 0 Å². The highest BCUT2D eigenvalue weighted by Gasteiger charge is 2.20. The van der Waals surface area contributed by atoms with E-state index in [1.807, 2.05) is 7.05 Å². The molecule has 0 aliphatic heterocycles. The van der Waals surface area contributed by atoms with Gasteiger partial charge in [0.25, 0.3) is 5.91 Å². The third-order valence-corrected chi connectivity index (χ3v) is 3.12. The largest absolute Gasteiger partial charge is 0.356 e. The zero-order valence-corrected chi connectivity index (χ0v) is 12.8. The summed E-state index contributed by atoms with van der Waals surface area (Å²) in [6.45, 7) is 7.52. The molecule has 0 spiro atoms. The molecule has 3 N–H and O–H groups in total. The lowest BCUT2D eigenvalue weighted by Crippen LogP contribution is -2.37. The van der Waals surface area contributed by atoms with Crippen LogP contribution in [0.2, 0.25) is 0 Å². The molecule has 1 aromatic rings. The molecule has 0 radical (unpaired) electrons. The average molecular weight is 280 g/mol. The predicted molar refractivity (Wildman–Crippen MR) is 82.4 cm³/mol. The van der Waals surface area contributed by atoms with E-state index in [1.165, 1.54) is 0 Å². The number of carbonyl (C=O) groups excluding carboxylic acids is 1. The van der Waals surface area contributed by atoms with E-state index >= 15 is 0 Å². The molecule has 1 atom stereocenters. The Morgan fingerprint density at radius 3 is 2.60 bits per heavy atom. The number of carbonyl (C=O) groups is 1. The van der Waals surface area contributed by atoms with Crippen molar-refractivity contribution in [3.63, 3.8) is 0 Å². The molecule has 1 heterocycles. The number of nitrogens with one attached hydrogen (secondary N) is 1. The normalized spacial score (nSPS) is 13.2. The maximum Gasteiger partial charge on any atom is 0.271 e. The molecule has 1 unspecified atom stereocenters. The second-order valence-corrected chi connectivity index (χ2v) is 4.53. The van der Waals surface area contributed by atoms with Gasteiger partial charge in [-0.1, -0.05) is 0 Å². The minimum atomic E-state index is -0.409. The maximum atomic E-state index is 12.2. The second kappa shape index (κ2) is 7.04. The number of anilines is 2. The highest BCUT2D eigenvalue weighted by Crippen LogP contribution is 2.24. The van der Waals surface area contributed by atoms with Gasteiger partial charge in [-0.15, -0.1) is 0 Å². The molecule has 0 fully saturated rings. The monoisotopic (exact) mass is 280 g/mol. The van der Waals surface area contributed by atoms with Crippen molar-refractivity contribution in [2.45, 2.75) is 26.8 Å². The van der Waals surface area contributed by atoms with Gasteiger partial charge in [0.05, 0.1) is 6.20 Å². The number of hydrogen-bond donors (Lipinski definition) is 2. The molecule has 20 heavy (non-hydrogen) atoms. The second-order valence-electron chi connectivity index (χ2n) is 4.53. The first-order chi connectivity index (χ1) is 9.46. The molecule has 1 rings (SSSR count). The number of aliphatic imine (C=N–C) groups is 1. The zero-order chi connectivity index (χ0) is 15.3. The predicted octanol–water partition coefficient (Wildman–Crippen LogP) is 0.623. The summed E-state index contributed by atoms with van der Waals surface area (Å²) >= 11 is 0. The van der Waals surface area contributed by atoms with Crippen LogP contribution in [0.5, 0.6) is 0 Å². The van der Waals surface area contributed by atoms with Gasteiger partial charge in [0.2, 0.25) is 0 Å². The van der Waals surface area contributed by atoms with Crippen molar-refractivity contribution in [3.05, 3.63) is 6.20 Å². The van der Waals surface area contributed by atoms with Crippen molar-refractivity contribution >= 4 is 23.1 Å². The molecular weight excluding hydrogens is 256 g/mol. The van der Waals surface area contributed by atoms with E-state index in [0.29, 0.717) is 11.4 Å². The van der Waals surface area contributed by atoms with E-state index < -0.39 is 6.04 Å². The van der Waals surface area contributed by atoms with E-state index in [1.54, 1.807) is 24.9 Å². The highest BCUT2D eigenvalue weighted by molar-refractivity contribution is 6.44. The summed E-state index contributed by atoms with van der Waals surface area (Å²) in [5, 5.41) is 7.04. The van der Waals surface area contributed by atoms with E-state index in [4.69, 9.17) is 5.73 Å². The molecule has 0 saturated heterocycles. The summed E-state index contributed by atoms with van der Waals surface area (Å²) in [5.41, 5.74) is 6.72. The third kappa shape index (κ3) is 3.36. The molecule has 0 bridgehead atoms. The van der Waals surface area contributed by atoms with Crippen LogP contribution in [0.4, 0.5) is 11.5 Å². The SMILES string of the molecule is CCN(CC)c1c(NC(=O)C(=NC)C(C)N)cnn1C. The Bertz CT molecular complexity index is 487. The highest BCUT2D eigenvalue weighted by atomic mass is 16.2. The number of aryl methyl sites for hydroxylation is 1. The van der Waals surface area contributed by atoms with E-state index in [2.05, 4.69) is 34.2 Å².